The Balaban J connectivity index is 1.43. The normalized spacial score (nSPS) is 15.9. The summed E-state index contributed by atoms with van der Waals surface area (Å²) in [7, 11) is -3.58. The molecule has 1 aliphatic rings. The highest BCUT2D eigenvalue weighted by Crippen LogP contribution is 2.14. The van der Waals surface area contributed by atoms with Crippen LogP contribution in [0, 0.1) is 6.92 Å². The lowest BCUT2D eigenvalue weighted by Gasteiger charge is -2.35. The SMILES string of the molecule is Cc1ccc(S(=O)(=O)CCC(=O)OC(C)C(=O)N2CCN(Cc3ccccc3)CC2)cc1. The molecule has 2 aromatic rings. The Labute approximate surface area is 189 Å². The number of rotatable bonds is 8. The summed E-state index contributed by atoms with van der Waals surface area (Å²) in [6.45, 7) is 6.86. The Hall–Kier alpha value is -2.71. The van der Waals surface area contributed by atoms with E-state index in [1.54, 1.807) is 17.0 Å². The number of amides is 1. The maximum Gasteiger partial charge on any atom is 0.307 e. The first-order valence-electron chi connectivity index (χ1n) is 10.8. The van der Waals surface area contributed by atoms with E-state index in [0.717, 1.165) is 25.2 Å². The second-order valence-electron chi connectivity index (χ2n) is 8.10. The van der Waals surface area contributed by atoms with Crippen LogP contribution in [-0.2, 0) is 30.7 Å². The Morgan fingerprint density at radius 1 is 0.969 bits per heavy atom. The molecule has 1 unspecified atom stereocenters. The molecule has 1 heterocycles. The third kappa shape index (κ3) is 6.64. The van der Waals surface area contributed by atoms with E-state index in [-0.39, 0.29) is 23.0 Å². The van der Waals surface area contributed by atoms with Gasteiger partial charge in [0.1, 0.15) is 0 Å². The number of nitrogens with zero attached hydrogens (tertiary/aromatic N) is 2. The summed E-state index contributed by atoms with van der Waals surface area (Å²) in [6.07, 6.45) is -1.23. The Bertz CT molecular complexity index is 1010. The van der Waals surface area contributed by atoms with Crippen molar-refractivity contribution >= 4 is 21.7 Å². The number of ether oxygens (including phenoxy) is 1. The first-order chi connectivity index (χ1) is 15.2. The summed E-state index contributed by atoms with van der Waals surface area (Å²) in [5, 5.41) is 0. The van der Waals surface area contributed by atoms with E-state index in [4.69, 9.17) is 4.74 Å². The minimum atomic E-state index is -3.58. The van der Waals surface area contributed by atoms with Crippen LogP contribution in [0.15, 0.2) is 59.5 Å². The molecule has 0 spiro atoms. The number of benzene rings is 2. The van der Waals surface area contributed by atoms with Crippen molar-refractivity contribution in [2.45, 2.75) is 37.8 Å². The zero-order valence-corrected chi connectivity index (χ0v) is 19.4. The molecule has 172 valence electrons. The minimum Gasteiger partial charge on any atom is -0.453 e. The average Bonchev–Trinajstić information content (AvgIpc) is 2.79. The molecule has 1 amide bonds. The van der Waals surface area contributed by atoms with E-state index in [0.29, 0.717) is 13.1 Å². The topological polar surface area (TPSA) is 84.0 Å². The van der Waals surface area contributed by atoms with Gasteiger partial charge in [-0.05, 0) is 31.5 Å². The molecule has 0 N–H and O–H groups in total. The molecule has 0 bridgehead atoms. The van der Waals surface area contributed by atoms with Gasteiger partial charge in [-0.3, -0.25) is 14.5 Å². The van der Waals surface area contributed by atoms with E-state index in [2.05, 4.69) is 17.0 Å². The van der Waals surface area contributed by atoms with Gasteiger partial charge in [-0.25, -0.2) is 8.42 Å². The maximum atomic E-state index is 12.7. The van der Waals surface area contributed by atoms with Crippen molar-refractivity contribution in [1.82, 2.24) is 9.80 Å². The zero-order valence-electron chi connectivity index (χ0n) is 18.6. The fraction of sp³-hybridized carbons (Fsp3) is 0.417. The molecule has 0 saturated carbocycles. The van der Waals surface area contributed by atoms with Crippen molar-refractivity contribution in [2.75, 3.05) is 31.9 Å². The van der Waals surface area contributed by atoms with E-state index in [9.17, 15) is 18.0 Å². The van der Waals surface area contributed by atoms with Crippen LogP contribution < -0.4 is 0 Å². The number of piperazine rings is 1. The standard InChI is InChI=1S/C24H30N2O5S/c1-19-8-10-22(11-9-19)32(29,30)17-12-23(27)31-20(2)24(28)26-15-13-25(14-16-26)18-21-6-4-3-5-7-21/h3-11,20H,12-18H2,1-2H3. The van der Waals surface area contributed by atoms with Crippen LogP contribution in [0.1, 0.15) is 24.5 Å². The molecule has 1 atom stereocenters. The van der Waals surface area contributed by atoms with Gasteiger partial charge in [-0.1, -0.05) is 48.0 Å². The highest BCUT2D eigenvalue weighted by Gasteiger charge is 2.27. The van der Waals surface area contributed by atoms with Crippen molar-refractivity contribution in [3.05, 3.63) is 65.7 Å². The molecule has 2 aromatic carbocycles. The summed E-state index contributed by atoms with van der Waals surface area (Å²) < 4.78 is 30.0. The van der Waals surface area contributed by atoms with Crippen LogP contribution >= 0.6 is 0 Å². The molecule has 0 radical (unpaired) electrons. The third-order valence-corrected chi connectivity index (χ3v) is 7.28. The third-order valence-electron chi connectivity index (χ3n) is 5.54. The molecular formula is C24H30N2O5S. The van der Waals surface area contributed by atoms with Gasteiger partial charge in [0.15, 0.2) is 15.9 Å². The van der Waals surface area contributed by atoms with Crippen LogP contribution in [0.5, 0.6) is 0 Å². The zero-order chi connectivity index (χ0) is 23.1. The molecule has 1 aliphatic heterocycles. The van der Waals surface area contributed by atoms with Gasteiger partial charge in [0.25, 0.3) is 5.91 Å². The van der Waals surface area contributed by atoms with Crippen molar-refractivity contribution < 1.29 is 22.7 Å². The summed E-state index contributed by atoms with van der Waals surface area (Å²) in [5.41, 5.74) is 2.19. The number of carbonyl (C=O) groups excluding carboxylic acids is 2. The minimum absolute atomic E-state index is 0.174. The van der Waals surface area contributed by atoms with Gasteiger partial charge in [-0.2, -0.15) is 0 Å². The molecule has 8 heteroatoms. The summed E-state index contributed by atoms with van der Waals surface area (Å²) in [4.78, 5) is 29.0. The fourth-order valence-corrected chi connectivity index (χ4v) is 4.83. The monoisotopic (exact) mass is 458 g/mol. The van der Waals surface area contributed by atoms with E-state index in [1.807, 2.05) is 25.1 Å². The van der Waals surface area contributed by atoms with Gasteiger partial charge < -0.3 is 9.64 Å². The van der Waals surface area contributed by atoms with E-state index in [1.165, 1.54) is 24.6 Å². The lowest BCUT2D eigenvalue weighted by Crippen LogP contribution is -2.51. The Morgan fingerprint density at radius 3 is 2.22 bits per heavy atom. The second-order valence-corrected chi connectivity index (χ2v) is 10.2. The van der Waals surface area contributed by atoms with Gasteiger partial charge in [0.2, 0.25) is 0 Å². The average molecular weight is 459 g/mol. The number of aryl methyl sites for hydroxylation is 1. The van der Waals surface area contributed by atoms with Crippen molar-refractivity contribution in [2.24, 2.45) is 0 Å². The van der Waals surface area contributed by atoms with Crippen molar-refractivity contribution in [3.63, 3.8) is 0 Å². The quantitative estimate of drug-likeness (QED) is 0.565. The lowest BCUT2D eigenvalue weighted by molar-refractivity contribution is -0.159. The molecule has 1 fully saturated rings. The molecule has 0 aromatic heterocycles. The molecule has 0 aliphatic carbocycles. The van der Waals surface area contributed by atoms with E-state index < -0.39 is 21.9 Å². The first-order valence-corrected chi connectivity index (χ1v) is 12.4. The number of sulfone groups is 1. The highest BCUT2D eigenvalue weighted by molar-refractivity contribution is 7.91. The lowest BCUT2D eigenvalue weighted by atomic mass is 10.2. The van der Waals surface area contributed by atoms with Crippen LogP contribution in [0.25, 0.3) is 0 Å². The van der Waals surface area contributed by atoms with Crippen LogP contribution in [0.2, 0.25) is 0 Å². The van der Waals surface area contributed by atoms with Gasteiger partial charge in [0.05, 0.1) is 17.1 Å². The predicted octanol–water partition coefficient (Wildman–Crippen LogP) is 2.43. The van der Waals surface area contributed by atoms with Crippen LogP contribution in [0.3, 0.4) is 0 Å². The van der Waals surface area contributed by atoms with Crippen LogP contribution in [0.4, 0.5) is 0 Å². The number of carbonyl (C=O) groups is 2. The smallest absolute Gasteiger partial charge is 0.307 e. The van der Waals surface area contributed by atoms with Gasteiger partial charge in [-0.15, -0.1) is 0 Å². The molecule has 1 saturated heterocycles. The molecular weight excluding hydrogens is 428 g/mol. The van der Waals surface area contributed by atoms with Crippen LogP contribution in [-0.4, -0.2) is 68.1 Å². The van der Waals surface area contributed by atoms with Gasteiger partial charge in [0, 0.05) is 32.7 Å². The predicted molar refractivity (Wildman–Crippen MR) is 122 cm³/mol. The van der Waals surface area contributed by atoms with Gasteiger partial charge >= 0.3 is 5.97 Å². The number of hydrogen-bond acceptors (Lipinski definition) is 6. The maximum absolute atomic E-state index is 12.7. The van der Waals surface area contributed by atoms with Crippen molar-refractivity contribution in [1.29, 1.82) is 0 Å². The largest absolute Gasteiger partial charge is 0.453 e. The summed E-state index contributed by atoms with van der Waals surface area (Å²) in [5.74, 6) is -1.29. The fourth-order valence-electron chi connectivity index (χ4n) is 3.61. The molecule has 32 heavy (non-hydrogen) atoms. The number of hydrogen-bond donors (Lipinski definition) is 0. The van der Waals surface area contributed by atoms with E-state index >= 15 is 0 Å². The highest BCUT2D eigenvalue weighted by atomic mass is 32.2. The Morgan fingerprint density at radius 2 is 1.59 bits per heavy atom. The first kappa shape index (κ1) is 23.9. The Kier molecular flexibility index (Phi) is 8.04. The number of esters is 1. The molecule has 7 nitrogen and oxygen atoms in total. The summed E-state index contributed by atoms with van der Waals surface area (Å²) in [6, 6.07) is 16.7. The molecule has 3 rings (SSSR count). The van der Waals surface area contributed by atoms with Crippen molar-refractivity contribution in [3.8, 4) is 0 Å². The second kappa shape index (κ2) is 10.7. The summed E-state index contributed by atoms with van der Waals surface area (Å²) >= 11 is 0.